The summed E-state index contributed by atoms with van der Waals surface area (Å²) in [6, 6.07) is 4.82. The van der Waals surface area contributed by atoms with E-state index in [4.69, 9.17) is 4.74 Å². The first-order chi connectivity index (χ1) is 17.5. The minimum absolute atomic E-state index is 0.00629. The summed E-state index contributed by atoms with van der Waals surface area (Å²) in [5.74, 6) is 0.508. The number of benzene rings is 2. The monoisotopic (exact) mass is 502 g/mol. The van der Waals surface area contributed by atoms with Crippen LogP contribution in [0.2, 0.25) is 0 Å². The van der Waals surface area contributed by atoms with Crippen molar-refractivity contribution < 1.29 is 17.9 Å². The van der Waals surface area contributed by atoms with Crippen LogP contribution < -0.4 is 4.74 Å². The number of hydrogen-bond acceptors (Lipinski definition) is 1. The van der Waals surface area contributed by atoms with Gasteiger partial charge in [0.25, 0.3) is 0 Å². The fourth-order valence-corrected chi connectivity index (χ4v) is 6.79. The van der Waals surface area contributed by atoms with Gasteiger partial charge >= 0.3 is 0 Å². The lowest BCUT2D eigenvalue weighted by Gasteiger charge is -2.38. The third kappa shape index (κ3) is 6.58. The summed E-state index contributed by atoms with van der Waals surface area (Å²) >= 11 is 0. The zero-order chi connectivity index (χ0) is 25.5. The molecule has 2 aromatic carbocycles. The van der Waals surface area contributed by atoms with E-state index in [0.717, 1.165) is 37.0 Å². The molecule has 2 aromatic rings. The molecule has 4 heteroatoms. The van der Waals surface area contributed by atoms with Gasteiger partial charge in [0, 0.05) is 0 Å². The molecule has 2 fully saturated rings. The zero-order valence-corrected chi connectivity index (χ0v) is 22.4. The molecular formula is C32H45F3O. The lowest BCUT2D eigenvalue weighted by atomic mass is 9.68. The molecule has 1 nitrogen and oxygen atoms in total. The maximum atomic E-state index is 14.9. The van der Waals surface area contributed by atoms with Crippen LogP contribution in [0.4, 0.5) is 13.2 Å². The first-order valence-electron chi connectivity index (χ1n) is 14.7. The predicted molar refractivity (Wildman–Crippen MR) is 143 cm³/mol. The molecule has 0 spiro atoms. The molecular weight excluding hydrogens is 457 g/mol. The number of fused-ring (bicyclic) bond motifs is 1. The first-order valence-corrected chi connectivity index (χ1v) is 14.7. The van der Waals surface area contributed by atoms with Crippen LogP contribution in [0.15, 0.2) is 18.2 Å². The molecule has 0 radical (unpaired) electrons. The Bertz CT molecular complexity index is 971. The summed E-state index contributed by atoms with van der Waals surface area (Å²) in [6.45, 7) is 4.67. The average molecular weight is 503 g/mol. The molecule has 0 heterocycles. The van der Waals surface area contributed by atoms with Crippen molar-refractivity contribution in [1.29, 1.82) is 0 Å². The Morgan fingerprint density at radius 1 is 0.722 bits per heavy atom. The standard InChI is InChI=1S/C32H45F3O/c1-3-5-7-22-8-13-24(14-9-22)25-15-10-23(11-16-25)12-17-27-21-26-18-19-28(36-20-6-4-2)31(34)29(26)32(35)30(27)33/h18-19,21-25H,3-17,20H2,1-2H3. The number of halogens is 3. The highest BCUT2D eigenvalue weighted by Gasteiger charge is 2.31. The molecule has 0 N–H and O–H groups in total. The lowest BCUT2D eigenvalue weighted by Crippen LogP contribution is -2.26. The third-order valence-corrected chi connectivity index (χ3v) is 9.16. The van der Waals surface area contributed by atoms with Gasteiger partial charge < -0.3 is 4.74 Å². The van der Waals surface area contributed by atoms with E-state index in [2.05, 4.69) is 6.92 Å². The molecule has 0 aliphatic heterocycles. The summed E-state index contributed by atoms with van der Waals surface area (Å²) < 4.78 is 50.2. The van der Waals surface area contributed by atoms with Gasteiger partial charge in [0.05, 0.1) is 12.0 Å². The maximum absolute atomic E-state index is 14.9. The molecule has 2 aliphatic carbocycles. The van der Waals surface area contributed by atoms with Crippen molar-refractivity contribution in [3.8, 4) is 5.75 Å². The largest absolute Gasteiger partial charge is 0.490 e. The summed E-state index contributed by atoms with van der Waals surface area (Å²) in [6.07, 6.45) is 17.8. The van der Waals surface area contributed by atoms with Crippen molar-refractivity contribution in [1.82, 2.24) is 0 Å². The molecule has 36 heavy (non-hydrogen) atoms. The average Bonchev–Trinajstić information content (AvgIpc) is 2.90. The van der Waals surface area contributed by atoms with Crippen molar-refractivity contribution in [2.75, 3.05) is 6.61 Å². The molecule has 2 aliphatic rings. The quantitative estimate of drug-likeness (QED) is 0.278. The van der Waals surface area contributed by atoms with Crippen LogP contribution in [0, 0.1) is 41.1 Å². The first kappa shape index (κ1) is 27.3. The van der Waals surface area contributed by atoms with E-state index < -0.39 is 17.5 Å². The van der Waals surface area contributed by atoms with Crippen LogP contribution >= 0.6 is 0 Å². The van der Waals surface area contributed by atoms with Crippen molar-refractivity contribution in [3.05, 3.63) is 41.2 Å². The van der Waals surface area contributed by atoms with Gasteiger partial charge in [-0.05, 0) is 91.7 Å². The lowest BCUT2D eigenvalue weighted by molar-refractivity contribution is 0.140. The predicted octanol–water partition coefficient (Wildman–Crippen LogP) is 10.2. The smallest absolute Gasteiger partial charge is 0.175 e. The number of rotatable bonds is 11. The topological polar surface area (TPSA) is 9.23 Å². The van der Waals surface area contributed by atoms with Crippen LogP contribution in [0.3, 0.4) is 0 Å². The molecule has 0 saturated heterocycles. The van der Waals surface area contributed by atoms with Crippen LogP contribution in [-0.4, -0.2) is 6.61 Å². The molecule has 0 unspecified atom stereocenters. The van der Waals surface area contributed by atoms with E-state index in [9.17, 15) is 13.2 Å². The minimum atomic E-state index is -1.08. The van der Waals surface area contributed by atoms with E-state index in [0.29, 0.717) is 29.9 Å². The van der Waals surface area contributed by atoms with E-state index in [1.807, 2.05) is 6.92 Å². The Morgan fingerprint density at radius 3 is 1.94 bits per heavy atom. The summed E-state index contributed by atoms with van der Waals surface area (Å²) in [4.78, 5) is 0. The van der Waals surface area contributed by atoms with Gasteiger partial charge in [-0.2, -0.15) is 0 Å². The van der Waals surface area contributed by atoms with Crippen LogP contribution in [0.25, 0.3) is 10.8 Å². The van der Waals surface area contributed by atoms with Gasteiger partial charge in [-0.25, -0.2) is 13.2 Å². The summed E-state index contributed by atoms with van der Waals surface area (Å²) in [7, 11) is 0. The van der Waals surface area contributed by atoms with Crippen LogP contribution in [0.5, 0.6) is 5.75 Å². The molecule has 0 amide bonds. The third-order valence-electron chi connectivity index (χ3n) is 9.16. The van der Waals surface area contributed by atoms with E-state index in [1.54, 1.807) is 12.1 Å². The van der Waals surface area contributed by atoms with Gasteiger partial charge in [-0.1, -0.05) is 71.3 Å². The fourth-order valence-electron chi connectivity index (χ4n) is 6.79. The van der Waals surface area contributed by atoms with Crippen molar-refractivity contribution in [3.63, 3.8) is 0 Å². The van der Waals surface area contributed by atoms with Crippen molar-refractivity contribution >= 4 is 10.8 Å². The van der Waals surface area contributed by atoms with Crippen molar-refractivity contribution in [2.45, 2.75) is 110 Å². The minimum Gasteiger partial charge on any atom is -0.490 e. The maximum Gasteiger partial charge on any atom is 0.175 e. The highest BCUT2D eigenvalue weighted by Crippen LogP contribution is 2.43. The highest BCUT2D eigenvalue weighted by atomic mass is 19.2. The Morgan fingerprint density at radius 2 is 1.33 bits per heavy atom. The number of unbranched alkanes of at least 4 members (excludes halogenated alkanes) is 2. The number of ether oxygens (including phenoxy) is 1. The summed E-state index contributed by atoms with van der Waals surface area (Å²) in [5.41, 5.74) is 0.367. The molecule has 0 aromatic heterocycles. The Labute approximate surface area is 216 Å². The molecule has 0 atom stereocenters. The van der Waals surface area contributed by atoms with Gasteiger partial charge in [-0.15, -0.1) is 0 Å². The van der Waals surface area contributed by atoms with Crippen molar-refractivity contribution in [2.24, 2.45) is 23.7 Å². The van der Waals surface area contributed by atoms with Crippen LogP contribution in [-0.2, 0) is 6.42 Å². The summed E-state index contributed by atoms with van der Waals surface area (Å²) in [5, 5.41) is 0.109. The number of hydrogen-bond donors (Lipinski definition) is 0. The number of aryl methyl sites for hydroxylation is 1. The second-order valence-corrected chi connectivity index (χ2v) is 11.6. The Kier molecular flexibility index (Phi) is 10.0. The normalized spacial score (nSPS) is 24.8. The second kappa shape index (κ2) is 13.2. The molecule has 0 bridgehead atoms. The van der Waals surface area contributed by atoms with Gasteiger partial charge in [0.2, 0.25) is 0 Å². The van der Waals surface area contributed by atoms with Gasteiger partial charge in [-0.3, -0.25) is 0 Å². The van der Waals surface area contributed by atoms with E-state index in [-0.39, 0.29) is 11.1 Å². The zero-order valence-electron chi connectivity index (χ0n) is 22.4. The van der Waals surface area contributed by atoms with Crippen LogP contribution in [0.1, 0.15) is 109 Å². The van der Waals surface area contributed by atoms with Gasteiger partial charge in [0.15, 0.2) is 23.2 Å². The molecule has 2 saturated carbocycles. The second-order valence-electron chi connectivity index (χ2n) is 11.6. The van der Waals surface area contributed by atoms with E-state index in [1.165, 1.54) is 76.7 Å². The molecule has 4 rings (SSSR count). The highest BCUT2D eigenvalue weighted by molar-refractivity contribution is 5.86. The van der Waals surface area contributed by atoms with E-state index >= 15 is 0 Å². The van der Waals surface area contributed by atoms with Gasteiger partial charge in [0.1, 0.15) is 0 Å². The Hall–Kier alpha value is -1.71. The SMILES string of the molecule is CCCCOc1ccc2cc(CCC3CCC(C4CCC(CCCC)CC4)CC3)c(F)c(F)c2c1F. The Balaban J connectivity index is 1.30. The molecule has 200 valence electrons. The fraction of sp³-hybridized carbons (Fsp3) is 0.688.